The van der Waals surface area contributed by atoms with E-state index in [1.54, 1.807) is 39.8 Å². The smallest absolute Gasteiger partial charge is 0.407 e. The molecule has 0 aromatic heterocycles. The number of rotatable bonds is 11. The summed E-state index contributed by atoms with van der Waals surface area (Å²) in [5.41, 5.74) is 0.883. The molecule has 0 heterocycles. The van der Waals surface area contributed by atoms with E-state index in [1.165, 1.54) is 13.1 Å². The van der Waals surface area contributed by atoms with Crippen LogP contribution in [0, 0.1) is 12.8 Å². The number of alkyl carbamates (subject to hydrolysis) is 1. The summed E-state index contributed by atoms with van der Waals surface area (Å²) >= 11 is 4.25. The van der Waals surface area contributed by atoms with Gasteiger partial charge in [-0.15, -0.1) is 0 Å². The van der Waals surface area contributed by atoms with Gasteiger partial charge < -0.3 is 31.1 Å². The van der Waals surface area contributed by atoms with Crippen LogP contribution < -0.4 is 21.3 Å². The second-order valence-electron chi connectivity index (χ2n) is 10.1. The van der Waals surface area contributed by atoms with E-state index in [2.05, 4.69) is 33.9 Å². The predicted octanol–water partition coefficient (Wildman–Crippen LogP) is 1.83. The fourth-order valence-electron chi connectivity index (χ4n) is 3.34. The summed E-state index contributed by atoms with van der Waals surface area (Å²) in [6.07, 6.45) is -0.144. The van der Waals surface area contributed by atoms with Crippen LogP contribution in [0.4, 0.5) is 4.79 Å². The number of amides is 4. The highest BCUT2D eigenvalue weighted by Crippen LogP contribution is 2.17. The third-order valence-electron chi connectivity index (χ3n) is 5.11. The molecule has 0 fully saturated rings. The third-order valence-corrected chi connectivity index (χ3v) is 5.53. The highest BCUT2D eigenvalue weighted by atomic mass is 32.1. The monoisotopic (exact) mass is 524 g/mol. The number of carbonyl (C=O) groups excluding carboxylic acids is 4. The number of carbonyl (C=O) groups is 4. The lowest BCUT2D eigenvalue weighted by molar-refractivity contribution is -0.132. The summed E-state index contributed by atoms with van der Waals surface area (Å²) in [6.45, 7) is 10.7. The summed E-state index contributed by atoms with van der Waals surface area (Å²) in [5, 5.41) is 19.2. The van der Waals surface area contributed by atoms with E-state index < -0.39 is 40.8 Å². The van der Waals surface area contributed by atoms with E-state index in [0.29, 0.717) is 6.42 Å². The molecule has 1 aromatic rings. The lowest BCUT2D eigenvalue weighted by Gasteiger charge is -2.25. The molecule has 10 nitrogen and oxygen atoms in total. The van der Waals surface area contributed by atoms with Crippen molar-refractivity contribution in [1.29, 1.82) is 0 Å². The summed E-state index contributed by atoms with van der Waals surface area (Å²) in [4.78, 5) is 50.3. The van der Waals surface area contributed by atoms with Gasteiger partial charge in [-0.2, -0.15) is 12.6 Å². The lowest BCUT2D eigenvalue weighted by atomic mass is 9.98. The largest absolute Gasteiger partial charge is 0.508 e. The molecule has 0 bridgehead atoms. The van der Waals surface area contributed by atoms with Gasteiger partial charge in [0, 0.05) is 20.0 Å². The van der Waals surface area contributed by atoms with E-state index in [0.717, 1.165) is 11.1 Å². The quantitative estimate of drug-likeness (QED) is 0.244. The maximum absolute atomic E-state index is 13.2. The number of ether oxygens (including phenoxy) is 1. The zero-order valence-electron chi connectivity index (χ0n) is 22.1. The second kappa shape index (κ2) is 14.0. The summed E-state index contributed by atoms with van der Waals surface area (Å²) in [5.74, 6) is -1.26. The zero-order valence-corrected chi connectivity index (χ0v) is 23.0. The Kier molecular flexibility index (Phi) is 12.1. The molecule has 0 radical (unpaired) electrons. The number of nitrogens with one attached hydrogen (secondary N) is 4. The van der Waals surface area contributed by atoms with Gasteiger partial charge >= 0.3 is 6.09 Å². The molecular weight excluding hydrogens is 484 g/mol. The minimum Gasteiger partial charge on any atom is -0.508 e. The molecule has 3 atom stereocenters. The van der Waals surface area contributed by atoms with Crippen LogP contribution in [0.1, 0.15) is 52.2 Å². The molecule has 202 valence electrons. The Morgan fingerprint density at radius 1 is 1.03 bits per heavy atom. The van der Waals surface area contributed by atoms with Crippen molar-refractivity contribution in [3.8, 4) is 5.75 Å². The number of phenols is 1. The number of likely N-dealkylation sites (N-methyl/N-ethyl adjacent to an activating group) is 1. The molecule has 0 saturated carbocycles. The second-order valence-corrected chi connectivity index (χ2v) is 10.7. The van der Waals surface area contributed by atoms with Gasteiger partial charge in [0.15, 0.2) is 0 Å². The van der Waals surface area contributed by atoms with E-state index in [-0.39, 0.29) is 30.5 Å². The molecule has 0 aliphatic carbocycles. The van der Waals surface area contributed by atoms with Crippen molar-refractivity contribution in [2.24, 2.45) is 5.92 Å². The first-order valence-corrected chi connectivity index (χ1v) is 12.4. The molecule has 0 aliphatic heterocycles. The van der Waals surface area contributed by atoms with Gasteiger partial charge in [0.2, 0.25) is 17.7 Å². The Balaban J connectivity index is 2.90. The van der Waals surface area contributed by atoms with Crippen LogP contribution in [0.25, 0.3) is 0 Å². The molecule has 4 amide bonds. The first-order chi connectivity index (χ1) is 16.6. The first kappa shape index (κ1) is 31.1. The Morgan fingerprint density at radius 2 is 1.64 bits per heavy atom. The van der Waals surface area contributed by atoms with Crippen molar-refractivity contribution in [2.75, 3.05) is 13.6 Å². The fraction of sp³-hybridized carbons (Fsp3) is 0.600. The van der Waals surface area contributed by atoms with Crippen molar-refractivity contribution in [2.45, 2.75) is 77.3 Å². The number of hydrogen-bond acceptors (Lipinski definition) is 7. The summed E-state index contributed by atoms with van der Waals surface area (Å²) in [6, 6.07) is 2.99. The molecule has 1 aromatic carbocycles. The van der Waals surface area contributed by atoms with Crippen LogP contribution >= 0.6 is 12.6 Å². The van der Waals surface area contributed by atoms with Gasteiger partial charge in [-0.1, -0.05) is 19.9 Å². The van der Waals surface area contributed by atoms with Crippen molar-refractivity contribution in [3.05, 3.63) is 29.3 Å². The average molecular weight is 525 g/mol. The molecule has 1 rings (SSSR count). The molecular formula is C25H40N4O6S. The van der Waals surface area contributed by atoms with Crippen LogP contribution in [0.3, 0.4) is 0 Å². The Hall–Kier alpha value is -2.95. The number of phenolic OH excluding ortho intramolecular Hbond substituents is 1. The van der Waals surface area contributed by atoms with E-state index in [9.17, 15) is 24.3 Å². The topological polar surface area (TPSA) is 146 Å². The van der Waals surface area contributed by atoms with Crippen molar-refractivity contribution < 1.29 is 29.0 Å². The Morgan fingerprint density at radius 3 is 2.17 bits per heavy atom. The van der Waals surface area contributed by atoms with Gasteiger partial charge in [0.1, 0.15) is 23.4 Å². The Labute approximate surface area is 218 Å². The number of thiol groups is 1. The maximum atomic E-state index is 13.2. The third kappa shape index (κ3) is 11.2. The van der Waals surface area contributed by atoms with Gasteiger partial charge in [0.05, 0.1) is 5.25 Å². The normalized spacial score (nSPS) is 13.8. The molecule has 0 unspecified atom stereocenters. The van der Waals surface area contributed by atoms with Crippen LogP contribution in [-0.4, -0.2) is 65.4 Å². The van der Waals surface area contributed by atoms with Crippen LogP contribution in [0.2, 0.25) is 0 Å². The number of aryl methyl sites for hydroxylation is 1. The molecule has 0 spiro atoms. The van der Waals surface area contributed by atoms with Gasteiger partial charge in [0.25, 0.3) is 0 Å². The van der Waals surface area contributed by atoms with Gasteiger partial charge in [-0.05, 0) is 63.3 Å². The standard InChI is InChI=1S/C25H40N4O6S/c1-14(2)10-18(29-23(33)20(36)13-27-24(34)35-25(4,5)6)22(32)28-19(21(31)26-7)12-16-8-9-17(30)11-15(16)3/h8-9,11,14,18-20,30,36H,10,12-13H2,1-7H3,(H,26,31)(H,27,34)(H,28,32)(H,29,33)/t18-,19-,20-/m0/s1. The Bertz CT molecular complexity index is 932. The van der Waals surface area contributed by atoms with Crippen molar-refractivity contribution >= 4 is 36.4 Å². The van der Waals surface area contributed by atoms with Gasteiger partial charge in [-0.25, -0.2) is 4.79 Å². The molecule has 11 heteroatoms. The average Bonchev–Trinajstić information content (AvgIpc) is 2.75. The number of benzene rings is 1. The fourth-order valence-corrected chi connectivity index (χ4v) is 3.51. The molecule has 5 N–H and O–H groups in total. The lowest BCUT2D eigenvalue weighted by Crippen LogP contribution is -2.55. The van der Waals surface area contributed by atoms with Gasteiger partial charge in [-0.3, -0.25) is 14.4 Å². The minimum atomic E-state index is -0.922. The SMILES string of the molecule is CNC(=O)[C@H](Cc1ccc(O)cc1C)NC(=O)[C@H](CC(C)C)NC(=O)[C@@H](S)CNC(=O)OC(C)(C)C. The molecule has 0 aliphatic rings. The van der Waals surface area contributed by atoms with Crippen LogP contribution in [0.15, 0.2) is 18.2 Å². The highest BCUT2D eigenvalue weighted by Gasteiger charge is 2.29. The van der Waals surface area contributed by atoms with E-state index >= 15 is 0 Å². The van der Waals surface area contributed by atoms with Crippen molar-refractivity contribution in [3.63, 3.8) is 0 Å². The zero-order chi connectivity index (χ0) is 27.6. The van der Waals surface area contributed by atoms with Crippen molar-refractivity contribution in [1.82, 2.24) is 21.3 Å². The highest BCUT2D eigenvalue weighted by molar-refractivity contribution is 7.81. The molecule has 36 heavy (non-hydrogen) atoms. The molecule has 0 saturated heterocycles. The first-order valence-electron chi connectivity index (χ1n) is 11.9. The number of hydrogen-bond donors (Lipinski definition) is 6. The summed E-state index contributed by atoms with van der Waals surface area (Å²) < 4.78 is 5.15. The summed E-state index contributed by atoms with van der Waals surface area (Å²) in [7, 11) is 1.47. The van der Waals surface area contributed by atoms with Crippen LogP contribution in [0.5, 0.6) is 5.75 Å². The number of aromatic hydroxyl groups is 1. The maximum Gasteiger partial charge on any atom is 0.407 e. The van der Waals surface area contributed by atoms with Crippen LogP contribution in [-0.2, 0) is 25.5 Å². The van der Waals surface area contributed by atoms with E-state index in [1.807, 2.05) is 13.8 Å². The predicted molar refractivity (Wildman–Crippen MR) is 141 cm³/mol. The van der Waals surface area contributed by atoms with E-state index in [4.69, 9.17) is 4.74 Å². The minimum absolute atomic E-state index is 0.0668.